The first-order valence-electron chi connectivity index (χ1n) is 7.59. The zero-order valence-electron chi connectivity index (χ0n) is 13.8. The third-order valence-electron chi connectivity index (χ3n) is 3.07. The van der Waals surface area contributed by atoms with Crippen LogP contribution in [0.5, 0.6) is 5.75 Å². The van der Waals surface area contributed by atoms with Crippen molar-refractivity contribution < 1.29 is 22.3 Å². The molecule has 0 saturated carbocycles. The molecule has 2 rings (SSSR count). The van der Waals surface area contributed by atoms with Gasteiger partial charge in [0.1, 0.15) is 11.6 Å². The summed E-state index contributed by atoms with van der Waals surface area (Å²) in [6.07, 6.45) is -0.0740. The molecule has 0 heterocycles. The van der Waals surface area contributed by atoms with Crippen molar-refractivity contribution >= 4 is 21.6 Å². The van der Waals surface area contributed by atoms with Crippen molar-refractivity contribution in [3.63, 3.8) is 0 Å². The number of sulfonamides is 1. The number of anilines is 1. The van der Waals surface area contributed by atoms with Crippen LogP contribution in [0.25, 0.3) is 0 Å². The summed E-state index contributed by atoms with van der Waals surface area (Å²) >= 11 is 0. The molecule has 0 fully saturated rings. The summed E-state index contributed by atoms with van der Waals surface area (Å²) < 4.78 is 44.8. The predicted octanol–water partition coefficient (Wildman–Crippen LogP) is 2.53. The van der Waals surface area contributed by atoms with Crippen LogP contribution in [0.15, 0.2) is 53.4 Å². The maximum atomic E-state index is 12.9. The first-order valence-corrected chi connectivity index (χ1v) is 9.07. The molecule has 0 spiro atoms. The predicted molar refractivity (Wildman–Crippen MR) is 92.4 cm³/mol. The number of ether oxygens (including phenoxy) is 1. The molecule has 0 aliphatic carbocycles. The average molecular weight is 366 g/mol. The number of hydrogen-bond acceptors (Lipinski definition) is 4. The largest absolute Gasteiger partial charge is 0.489 e. The zero-order valence-corrected chi connectivity index (χ0v) is 14.6. The topological polar surface area (TPSA) is 84.5 Å². The number of para-hydroxylation sites is 2. The molecule has 25 heavy (non-hydrogen) atoms. The highest BCUT2D eigenvalue weighted by Crippen LogP contribution is 2.24. The Bertz CT molecular complexity index is 836. The first kappa shape index (κ1) is 18.9. The van der Waals surface area contributed by atoms with Gasteiger partial charge in [0, 0.05) is 0 Å². The summed E-state index contributed by atoms with van der Waals surface area (Å²) in [6.45, 7) is 3.25. The van der Waals surface area contributed by atoms with E-state index in [0.29, 0.717) is 11.4 Å². The maximum absolute atomic E-state index is 12.9. The molecule has 2 N–H and O–H groups in total. The van der Waals surface area contributed by atoms with E-state index >= 15 is 0 Å². The lowest BCUT2D eigenvalue weighted by Crippen LogP contribution is -2.33. The van der Waals surface area contributed by atoms with Crippen LogP contribution in [0.1, 0.15) is 13.8 Å². The third-order valence-corrected chi connectivity index (χ3v) is 4.49. The molecule has 0 aliphatic rings. The summed E-state index contributed by atoms with van der Waals surface area (Å²) in [6, 6.07) is 11.2. The molecular weight excluding hydrogens is 347 g/mol. The van der Waals surface area contributed by atoms with Crippen LogP contribution in [0, 0.1) is 5.82 Å². The van der Waals surface area contributed by atoms with E-state index in [4.69, 9.17) is 4.74 Å². The Morgan fingerprint density at radius 2 is 1.76 bits per heavy atom. The molecule has 0 bridgehead atoms. The molecule has 2 aromatic carbocycles. The molecule has 0 radical (unpaired) electrons. The zero-order chi connectivity index (χ0) is 18.4. The summed E-state index contributed by atoms with van der Waals surface area (Å²) in [5, 5.41) is 2.60. The van der Waals surface area contributed by atoms with Crippen LogP contribution in [-0.2, 0) is 14.8 Å². The van der Waals surface area contributed by atoms with Gasteiger partial charge in [-0.1, -0.05) is 12.1 Å². The fourth-order valence-electron chi connectivity index (χ4n) is 1.98. The minimum absolute atomic E-state index is 0.0740. The van der Waals surface area contributed by atoms with Crippen LogP contribution in [0.3, 0.4) is 0 Å². The Morgan fingerprint density at radius 1 is 1.12 bits per heavy atom. The van der Waals surface area contributed by atoms with Crippen LogP contribution in [0.2, 0.25) is 0 Å². The van der Waals surface area contributed by atoms with Crippen LogP contribution in [-0.4, -0.2) is 27.0 Å². The number of rotatable bonds is 7. The third kappa shape index (κ3) is 5.54. The van der Waals surface area contributed by atoms with Crippen molar-refractivity contribution in [2.45, 2.75) is 24.8 Å². The molecule has 0 unspecified atom stereocenters. The van der Waals surface area contributed by atoms with Crippen LogP contribution in [0.4, 0.5) is 10.1 Å². The van der Waals surface area contributed by atoms with Crippen molar-refractivity contribution in [1.82, 2.24) is 4.72 Å². The molecule has 8 heteroatoms. The second-order valence-corrected chi connectivity index (χ2v) is 7.26. The molecule has 1 amide bonds. The van der Waals surface area contributed by atoms with E-state index in [1.807, 2.05) is 13.8 Å². The second kappa shape index (κ2) is 8.09. The number of carbonyl (C=O) groups excluding carboxylic acids is 1. The van der Waals surface area contributed by atoms with Crippen LogP contribution >= 0.6 is 0 Å². The van der Waals surface area contributed by atoms with Gasteiger partial charge in [-0.05, 0) is 50.2 Å². The molecule has 0 atom stereocenters. The highest BCUT2D eigenvalue weighted by atomic mass is 32.2. The van der Waals surface area contributed by atoms with Gasteiger partial charge in [0.05, 0.1) is 23.2 Å². The number of hydrogen-bond donors (Lipinski definition) is 2. The second-order valence-electron chi connectivity index (χ2n) is 5.49. The van der Waals surface area contributed by atoms with Gasteiger partial charge in [-0.25, -0.2) is 17.5 Å². The average Bonchev–Trinajstić information content (AvgIpc) is 2.55. The number of amides is 1. The van der Waals surface area contributed by atoms with E-state index < -0.39 is 28.3 Å². The Morgan fingerprint density at radius 3 is 2.40 bits per heavy atom. The fraction of sp³-hybridized carbons (Fsp3) is 0.235. The van der Waals surface area contributed by atoms with Gasteiger partial charge in [-0.3, -0.25) is 4.79 Å². The minimum atomic E-state index is -3.90. The van der Waals surface area contributed by atoms with Crippen molar-refractivity contribution in [1.29, 1.82) is 0 Å². The van der Waals surface area contributed by atoms with E-state index in [1.165, 1.54) is 0 Å². The Labute approximate surface area is 146 Å². The van der Waals surface area contributed by atoms with E-state index in [9.17, 15) is 17.6 Å². The molecule has 6 nitrogen and oxygen atoms in total. The standard InChI is InChI=1S/C17H19FN2O4S/c1-12(2)24-16-6-4-3-5-15(16)20-17(21)11-19-25(22,23)14-9-7-13(18)8-10-14/h3-10,12,19H,11H2,1-2H3,(H,20,21). The normalized spacial score (nSPS) is 11.4. The van der Waals surface area contributed by atoms with Gasteiger partial charge in [0.25, 0.3) is 0 Å². The smallest absolute Gasteiger partial charge is 0.241 e. The van der Waals surface area contributed by atoms with Crippen molar-refractivity contribution in [3.8, 4) is 5.75 Å². The lowest BCUT2D eigenvalue weighted by atomic mass is 10.3. The van der Waals surface area contributed by atoms with E-state index in [0.717, 1.165) is 24.3 Å². The van der Waals surface area contributed by atoms with E-state index in [-0.39, 0.29) is 11.0 Å². The van der Waals surface area contributed by atoms with Gasteiger partial charge >= 0.3 is 0 Å². The van der Waals surface area contributed by atoms with Crippen molar-refractivity contribution in [3.05, 3.63) is 54.3 Å². The monoisotopic (exact) mass is 366 g/mol. The van der Waals surface area contributed by atoms with E-state index in [1.54, 1.807) is 24.3 Å². The molecule has 0 aromatic heterocycles. The van der Waals surface area contributed by atoms with Gasteiger partial charge in [0.15, 0.2) is 0 Å². The molecule has 0 aliphatic heterocycles. The van der Waals surface area contributed by atoms with Gasteiger partial charge in [-0.2, -0.15) is 0 Å². The van der Waals surface area contributed by atoms with Gasteiger partial charge in [0.2, 0.25) is 15.9 Å². The number of carbonyl (C=O) groups is 1. The summed E-state index contributed by atoms with van der Waals surface area (Å²) in [7, 11) is -3.90. The number of benzene rings is 2. The lowest BCUT2D eigenvalue weighted by Gasteiger charge is -2.15. The summed E-state index contributed by atoms with van der Waals surface area (Å²) in [4.78, 5) is 11.9. The van der Waals surface area contributed by atoms with Crippen LogP contribution < -0.4 is 14.8 Å². The summed E-state index contributed by atoms with van der Waals surface area (Å²) in [5.74, 6) is -0.601. The Balaban J connectivity index is 2.00. The molecule has 0 saturated heterocycles. The summed E-state index contributed by atoms with van der Waals surface area (Å²) in [5.41, 5.74) is 0.446. The molecule has 134 valence electrons. The number of halogens is 1. The Hall–Kier alpha value is -2.45. The Kier molecular flexibility index (Phi) is 6.11. The van der Waals surface area contributed by atoms with E-state index in [2.05, 4.69) is 10.0 Å². The minimum Gasteiger partial charge on any atom is -0.489 e. The SMILES string of the molecule is CC(C)Oc1ccccc1NC(=O)CNS(=O)(=O)c1ccc(F)cc1. The first-order chi connectivity index (χ1) is 11.8. The number of nitrogens with one attached hydrogen (secondary N) is 2. The highest BCUT2D eigenvalue weighted by molar-refractivity contribution is 7.89. The van der Waals surface area contributed by atoms with Crippen molar-refractivity contribution in [2.24, 2.45) is 0 Å². The quantitative estimate of drug-likeness (QED) is 0.789. The fourth-order valence-corrected chi connectivity index (χ4v) is 2.96. The lowest BCUT2D eigenvalue weighted by molar-refractivity contribution is -0.115. The van der Waals surface area contributed by atoms with Crippen molar-refractivity contribution in [2.75, 3.05) is 11.9 Å². The molecule has 2 aromatic rings. The maximum Gasteiger partial charge on any atom is 0.241 e. The molecular formula is C17H19FN2O4S. The highest BCUT2D eigenvalue weighted by Gasteiger charge is 2.16. The van der Waals surface area contributed by atoms with Gasteiger partial charge < -0.3 is 10.1 Å². The van der Waals surface area contributed by atoms with Gasteiger partial charge in [-0.15, -0.1) is 0 Å².